The minimum absolute atomic E-state index is 0.359. The van der Waals surface area contributed by atoms with Gasteiger partial charge in [-0.3, -0.25) is 4.90 Å². The Balaban J connectivity index is 1.03. The highest BCUT2D eigenvalue weighted by Gasteiger charge is 2.54. The summed E-state index contributed by atoms with van der Waals surface area (Å²) in [5.74, 6) is 2.91. The van der Waals surface area contributed by atoms with E-state index in [1.807, 2.05) is 54.6 Å². The summed E-state index contributed by atoms with van der Waals surface area (Å²) < 4.78 is 5.92. The van der Waals surface area contributed by atoms with Crippen LogP contribution in [-0.2, 0) is 6.54 Å². The molecule has 206 valence electrons. The van der Waals surface area contributed by atoms with Crippen molar-refractivity contribution < 1.29 is 9.84 Å². The van der Waals surface area contributed by atoms with Gasteiger partial charge in [0.1, 0.15) is 23.6 Å². The third-order valence-corrected chi connectivity index (χ3v) is 8.86. The Hall–Kier alpha value is -4.26. The van der Waals surface area contributed by atoms with Crippen molar-refractivity contribution in [2.24, 2.45) is 11.3 Å². The van der Waals surface area contributed by atoms with Gasteiger partial charge in [0, 0.05) is 24.2 Å². The van der Waals surface area contributed by atoms with Gasteiger partial charge in [0.2, 0.25) is 0 Å². The maximum atomic E-state index is 9.51. The molecule has 1 spiro atoms. The maximum absolute atomic E-state index is 9.51. The number of nitrogens with zero attached hydrogens (tertiary/aromatic N) is 3. The van der Waals surface area contributed by atoms with Crippen molar-refractivity contribution in [3.8, 4) is 22.6 Å². The number of para-hydroxylation sites is 1. The number of hydrogen-bond donors (Lipinski definition) is 2. The standard InChI is InChI=1S/C35H34N4O2/c40-23-28-21-35(28)16-18-39(19-17-35)22-25-6-8-26(9-7-25)27-10-15-33-32(20-27)34(37-24-36-33)38-29-11-13-31(14-12-29)41-30-4-2-1-3-5-30/h1-15,20,24,28,40H,16-19,21-23H2,(H,36,37,38). The molecule has 41 heavy (non-hydrogen) atoms. The van der Waals surface area contributed by atoms with E-state index in [9.17, 15) is 5.11 Å². The van der Waals surface area contributed by atoms with Gasteiger partial charge in [-0.2, -0.15) is 0 Å². The minimum Gasteiger partial charge on any atom is -0.457 e. The summed E-state index contributed by atoms with van der Waals surface area (Å²) in [5, 5.41) is 13.9. The van der Waals surface area contributed by atoms with Crippen molar-refractivity contribution in [1.29, 1.82) is 0 Å². The first kappa shape index (κ1) is 25.7. The van der Waals surface area contributed by atoms with Gasteiger partial charge in [-0.05, 0) is 109 Å². The molecular weight excluding hydrogens is 508 g/mol. The lowest BCUT2D eigenvalue weighted by Gasteiger charge is -2.33. The van der Waals surface area contributed by atoms with E-state index in [4.69, 9.17) is 4.74 Å². The molecule has 1 aliphatic carbocycles. The van der Waals surface area contributed by atoms with Gasteiger partial charge in [-0.15, -0.1) is 0 Å². The molecule has 7 rings (SSSR count). The van der Waals surface area contributed by atoms with E-state index in [0.29, 0.717) is 17.9 Å². The number of nitrogens with one attached hydrogen (secondary N) is 1. The summed E-state index contributed by atoms with van der Waals surface area (Å²) in [4.78, 5) is 11.6. The Labute approximate surface area is 240 Å². The van der Waals surface area contributed by atoms with Crippen LogP contribution in [0.3, 0.4) is 0 Å². The Morgan fingerprint density at radius 3 is 2.29 bits per heavy atom. The van der Waals surface area contributed by atoms with Gasteiger partial charge in [0.25, 0.3) is 0 Å². The number of hydrogen-bond acceptors (Lipinski definition) is 6. The van der Waals surface area contributed by atoms with Gasteiger partial charge < -0.3 is 15.2 Å². The zero-order valence-electron chi connectivity index (χ0n) is 23.0. The van der Waals surface area contributed by atoms with E-state index in [0.717, 1.165) is 59.1 Å². The van der Waals surface area contributed by atoms with Gasteiger partial charge in [0.05, 0.1) is 5.52 Å². The van der Waals surface area contributed by atoms with E-state index >= 15 is 0 Å². The number of piperidine rings is 1. The molecule has 1 saturated heterocycles. The highest BCUT2D eigenvalue weighted by atomic mass is 16.5. The summed E-state index contributed by atoms with van der Waals surface area (Å²) in [6.45, 7) is 3.59. The molecule has 2 aliphatic rings. The summed E-state index contributed by atoms with van der Waals surface area (Å²) in [6.07, 6.45) is 5.26. The van der Waals surface area contributed by atoms with Gasteiger partial charge >= 0.3 is 0 Å². The molecule has 2 fully saturated rings. The van der Waals surface area contributed by atoms with Crippen molar-refractivity contribution in [2.75, 3.05) is 25.0 Å². The molecule has 0 bridgehead atoms. The van der Waals surface area contributed by atoms with Gasteiger partial charge in [0.15, 0.2) is 0 Å². The van der Waals surface area contributed by atoms with Crippen molar-refractivity contribution in [3.05, 3.63) is 109 Å². The second-order valence-corrected chi connectivity index (χ2v) is 11.4. The van der Waals surface area contributed by atoms with Crippen LogP contribution in [0, 0.1) is 11.3 Å². The van der Waals surface area contributed by atoms with Crippen LogP contribution in [0.5, 0.6) is 11.5 Å². The van der Waals surface area contributed by atoms with Crippen LogP contribution in [-0.4, -0.2) is 39.7 Å². The molecule has 1 atom stereocenters. The highest BCUT2D eigenvalue weighted by molar-refractivity contribution is 5.93. The summed E-state index contributed by atoms with van der Waals surface area (Å²) in [5.41, 5.74) is 5.92. The lowest BCUT2D eigenvalue weighted by Crippen LogP contribution is -2.34. The molecule has 6 nitrogen and oxygen atoms in total. The van der Waals surface area contributed by atoms with Crippen LogP contribution >= 0.6 is 0 Å². The highest BCUT2D eigenvalue weighted by Crippen LogP contribution is 2.59. The fourth-order valence-electron chi connectivity index (χ4n) is 6.22. The minimum atomic E-state index is 0.359. The molecule has 4 aromatic carbocycles. The number of aliphatic hydroxyl groups excluding tert-OH is 1. The molecule has 0 amide bonds. The molecule has 1 unspecified atom stereocenters. The van der Waals surface area contributed by atoms with Crippen LogP contribution in [0.2, 0.25) is 0 Å². The average molecular weight is 543 g/mol. The third kappa shape index (κ3) is 5.53. The fraction of sp³-hybridized carbons (Fsp3) is 0.257. The number of aromatic nitrogens is 2. The van der Waals surface area contributed by atoms with E-state index in [-0.39, 0.29) is 0 Å². The van der Waals surface area contributed by atoms with Crippen LogP contribution in [0.15, 0.2) is 103 Å². The van der Waals surface area contributed by atoms with E-state index < -0.39 is 0 Å². The number of likely N-dealkylation sites (tertiary alicyclic amines) is 1. The molecule has 1 saturated carbocycles. The zero-order valence-corrected chi connectivity index (χ0v) is 23.0. The normalized spacial score (nSPS) is 17.9. The Bertz CT molecular complexity index is 1630. The quantitative estimate of drug-likeness (QED) is 0.213. The van der Waals surface area contributed by atoms with Crippen molar-refractivity contribution >= 4 is 22.4 Å². The first-order valence-electron chi connectivity index (χ1n) is 14.4. The zero-order chi connectivity index (χ0) is 27.6. The third-order valence-electron chi connectivity index (χ3n) is 8.86. The van der Waals surface area contributed by atoms with Gasteiger partial charge in [-0.25, -0.2) is 9.97 Å². The topological polar surface area (TPSA) is 70.5 Å². The van der Waals surface area contributed by atoms with Crippen LogP contribution in [0.4, 0.5) is 11.5 Å². The molecule has 2 heterocycles. The Morgan fingerprint density at radius 1 is 0.829 bits per heavy atom. The van der Waals surface area contributed by atoms with Crippen LogP contribution in [0.25, 0.3) is 22.0 Å². The maximum Gasteiger partial charge on any atom is 0.141 e. The number of fused-ring (bicyclic) bond motifs is 1. The second kappa shape index (κ2) is 11.0. The lowest BCUT2D eigenvalue weighted by molar-refractivity contribution is 0.142. The fourth-order valence-corrected chi connectivity index (χ4v) is 6.22. The van der Waals surface area contributed by atoms with E-state index in [1.54, 1.807) is 6.33 Å². The van der Waals surface area contributed by atoms with Crippen molar-refractivity contribution in [3.63, 3.8) is 0 Å². The number of aliphatic hydroxyl groups is 1. The van der Waals surface area contributed by atoms with Crippen LogP contribution in [0.1, 0.15) is 24.8 Å². The summed E-state index contributed by atoms with van der Waals surface area (Å²) in [6, 6.07) is 32.9. The predicted octanol–water partition coefficient (Wildman–Crippen LogP) is 7.43. The monoisotopic (exact) mass is 542 g/mol. The molecule has 1 aromatic heterocycles. The number of rotatable bonds is 8. The number of anilines is 2. The summed E-state index contributed by atoms with van der Waals surface area (Å²) in [7, 11) is 0. The van der Waals surface area contributed by atoms with Gasteiger partial charge in [-0.1, -0.05) is 48.5 Å². The Kier molecular flexibility index (Phi) is 6.87. The molecule has 5 aromatic rings. The number of benzene rings is 4. The molecular formula is C35H34N4O2. The lowest BCUT2D eigenvalue weighted by atomic mass is 9.90. The van der Waals surface area contributed by atoms with Crippen molar-refractivity contribution in [1.82, 2.24) is 14.9 Å². The molecule has 0 radical (unpaired) electrons. The molecule has 1 aliphatic heterocycles. The van der Waals surface area contributed by atoms with Crippen LogP contribution < -0.4 is 10.1 Å². The molecule has 6 heteroatoms. The first-order chi connectivity index (χ1) is 20.2. The SMILES string of the molecule is OCC1CC12CCN(Cc1ccc(-c3ccc4ncnc(Nc5ccc(Oc6ccccc6)cc5)c4c3)cc1)CC2. The second-order valence-electron chi connectivity index (χ2n) is 11.4. The predicted molar refractivity (Wildman–Crippen MR) is 163 cm³/mol. The van der Waals surface area contributed by atoms with Crippen molar-refractivity contribution in [2.45, 2.75) is 25.8 Å². The average Bonchev–Trinajstić information content (AvgIpc) is 3.72. The first-order valence-corrected chi connectivity index (χ1v) is 14.4. The summed E-state index contributed by atoms with van der Waals surface area (Å²) >= 11 is 0. The Morgan fingerprint density at radius 2 is 1.56 bits per heavy atom. The molecule has 2 N–H and O–H groups in total. The number of ether oxygens (including phenoxy) is 1. The smallest absolute Gasteiger partial charge is 0.141 e. The van der Waals surface area contributed by atoms with E-state index in [2.05, 4.69) is 62.6 Å². The largest absolute Gasteiger partial charge is 0.457 e. The van der Waals surface area contributed by atoms with E-state index in [1.165, 1.54) is 30.4 Å².